The summed E-state index contributed by atoms with van der Waals surface area (Å²) >= 11 is 0. The molecule has 0 heterocycles. The van der Waals surface area contributed by atoms with Crippen LogP contribution in [0.3, 0.4) is 0 Å². The van der Waals surface area contributed by atoms with Gasteiger partial charge in [0.1, 0.15) is 6.17 Å². The molecule has 0 spiro atoms. The molecular formula is C5H10FNOS. The molecule has 0 saturated heterocycles. The van der Waals surface area contributed by atoms with Gasteiger partial charge in [-0.2, -0.15) is 0 Å². The minimum Gasteiger partial charge on any atom is -0.312 e. The fourth-order valence-electron chi connectivity index (χ4n) is 0.417. The Hall–Kier alpha value is -0.250. The normalized spacial score (nSPS) is 16.7. The Kier molecular flexibility index (Phi) is 4.48. The summed E-state index contributed by atoms with van der Waals surface area (Å²) in [6.07, 6.45) is 0.0177. The highest BCUT2D eigenvalue weighted by Crippen LogP contribution is 1.91. The van der Waals surface area contributed by atoms with E-state index in [1.165, 1.54) is 6.92 Å². The van der Waals surface area contributed by atoms with Gasteiger partial charge in [0, 0.05) is 17.0 Å². The lowest BCUT2D eigenvalue weighted by molar-refractivity contribution is 0.395. The molecule has 1 N–H and O–H groups in total. The minimum atomic E-state index is -1.17. The van der Waals surface area contributed by atoms with Crippen LogP contribution in [-0.4, -0.2) is 28.1 Å². The van der Waals surface area contributed by atoms with Crippen molar-refractivity contribution in [3.05, 3.63) is 0 Å². The molecule has 0 aromatic carbocycles. The zero-order chi connectivity index (χ0) is 7.28. The molecule has 0 bridgehead atoms. The first-order valence-corrected chi connectivity index (χ1v) is 4.13. The van der Waals surface area contributed by atoms with E-state index in [0.29, 0.717) is 0 Å². The summed E-state index contributed by atoms with van der Waals surface area (Å²) < 4.78 is 22.6. The molecular weight excluding hydrogens is 141 g/mol. The van der Waals surface area contributed by atoms with Crippen LogP contribution in [0.1, 0.15) is 6.92 Å². The van der Waals surface area contributed by atoms with Crippen molar-refractivity contribution >= 4 is 17.0 Å². The van der Waals surface area contributed by atoms with E-state index >= 15 is 0 Å². The average Bonchev–Trinajstić information content (AvgIpc) is 1.63. The van der Waals surface area contributed by atoms with Gasteiger partial charge >= 0.3 is 0 Å². The maximum Gasteiger partial charge on any atom is 0.109 e. The molecule has 2 atom stereocenters. The van der Waals surface area contributed by atoms with E-state index in [0.717, 1.165) is 6.21 Å². The summed E-state index contributed by atoms with van der Waals surface area (Å²) in [7, 11) is -1.17. The standard InChI is InChI=1S/C5H10FNOS/c1-5(6)4-9(8)3-2-7/h2,5,7H,3-4H2,1H3. The van der Waals surface area contributed by atoms with Crippen molar-refractivity contribution in [2.75, 3.05) is 11.5 Å². The molecule has 2 nitrogen and oxygen atoms in total. The van der Waals surface area contributed by atoms with E-state index < -0.39 is 17.0 Å². The number of halogens is 1. The predicted molar refractivity (Wildman–Crippen MR) is 37.2 cm³/mol. The van der Waals surface area contributed by atoms with Crippen LogP contribution in [0.25, 0.3) is 0 Å². The van der Waals surface area contributed by atoms with E-state index in [4.69, 9.17) is 5.41 Å². The lowest BCUT2D eigenvalue weighted by Gasteiger charge is -1.97. The Morgan fingerprint density at radius 3 is 2.78 bits per heavy atom. The van der Waals surface area contributed by atoms with Crippen molar-refractivity contribution < 1.29 is 8.60 Å². The zero-order valence-corrected chi connectivity index (χ0v) is 6.08. The summed E-state index contributed by atoms with van der Waals surface area (Å²) in [5, 5.41) is 6.54. The van der Waals surface area contributed by atoms with E-state index in [-0.39, 0.29) is 11.5 Å². The van der Waals surface area contributed by atoms with Crippen molar-refractivity contribution in [2.24, 2.45) is 0 Å². The van der Waals surface area contributed by atoms with Crippen molar-refractivity contribution in [2.45, 2.75) is 13.1 Å². The molecule has 0 rings (SSSR count). The second-order valence-corrected chi connectivity index (χ2v) is 3.30. The van der Waals surface area contributed by atoms with Crippen molar-refractivity contribution in [3.8, 4) is 0 Å². The summed E-state index contributed by atoms with van der Waals surface area (Å²) in [6, 6.07) is 0. The lowest BCUT2D eigenvalue weighted by atomic mass is 10.5. The summed E-state index contributed by atoms with van der Waals surface area (Å²) in [6.45, 7) is 1.36. The van der Waals surface area contributed by atoms with Crippen LogP contribution < -0.4 is 0 Å². The first-order chi connectivity index (χ1) is 4.16. The third-order valence-corrected chi connectivity index (χ3v) is 2.05. The molecule has 4 heteroatoms. The van der Waals surface area contributed by atoms with E-state index in [2.05, 4.69) is 0 Å². The number of hydrogen-bond donors (Lipinski definition) is 1. The summed E-state index contributed by atoms with van der Waals surface area (Å²) in [5.74, 6) is 0.226. The van der Waals surface area contributed by atoms with Gasteiger partial charge in [-0.3, -0.25) is 4.21 Å². The average molecular weight is 151 g/mol. The van der Waals surface area contributed by atoms with E-state index in [1.54, 1.807) is 0 Å². The number of alkyl halides is 1. The number of hydrogen-bond acceptors (Lipinski definition) is 2. The number of rotatable bonds is 4. The minimum absolute atomic E-state index is 0.0510. The van der Waals surface area contributed by atoms with Gasteiger partial charge in [0.25, 0.3) is 0 Å². The Morgan fingerprint density at radius 2 is 2.44 bits per heavy atom. The van der Waals surface area contributed by atoms with Crippen LogP contribution in [-0.2, 0) is 10.8 Å². The Morgan fingerprint density at radius 1 is 1.89 bits per heavy atom. The van der Waals surface area contributed by atoms with Crippen LogP contribution in [0.5, 0.6) is 0 Å². The highest BCUT2D eigenvalue weighted by atomic mass is 32.2. The smallest absolute Gasteiger partial charge is 0.109 e. The largest absolute Gasteiger partial charge is 0.312 e. The fourth-order valence-corrected chi connectivity index (χ4v) is 1.25. The second kappa shape index (κ2) is 4.61. The van der Waals surface area contributed by atoms with Crippen LogP contribution in [0.15, 0.2) is 0 Å². The van der Waals surface area contributed by atoms with Crippen LogP contribution in [0, 0.1) is 5.41 Å². The Bertz CT molecular complexity index is 116. The highest BCUT2D eigenvalue weighted by molar-refractivity contribution is 7.85. The van der Waals surface area contributed by atoms with Gasteiger partial charge in [0.15, 0.2) is 0 Å². The maximum atomic E-state index is 12.0. The lowest BCUT2D eigenvalue weighted by Crippen LogP contribution is -2.11. The first-order valence-electron chi connectivity index (χ1n) is 2.64. The van der Waals surface area contributed by atoms with Gasteiger partial charge in [-0.15, -0.1) is 0 Å². The van der Waals surface area contributed by atoms with Gasteiger partial charge in [-0.1, -0.05) is 0 Å². The molecule has 0 aromatic rings. The van der Waals surface area contributed by atoms with Gasteiger partial charge in [0.2, 0.25) is 0 Å². The van der Waals surface area contributed by atoms with Gasteiger partial charge < -0.3 is 5.41 Å². The van der Waals surface area contributed by atoms with Crippen molar-refractivity contribution in [1.29, 1.82) is 5.41 Å². The Balaban J connectivity index is 3.38. The molecule has 0 fully saturated rings. The third kappa shape index (κ3) is 5.62. The SMILES string of the molecule is CC(F)CS(=O)CC=N. The third-order valence-electron chi connectivity index (χ3n) is 0.685. The topological polar surface area (TPSA) is 40.9 Å². The maximum absolute atomic E-state index is 12.0. The molecule has 54 valence electrons. The monoisotopic (exact) mass is 151 g/mol. The molecule has 0 aliphatic carbocycles. The summed E-state index contributed by atoms with van der Waals surface area (Å²) in [4.78, 5) is 0. The van der Waals surface area contributed by atoms with E-state index in [9.17, 15) is 8.60 Å². The molecule has 9 heavy (non-hydrogen) atoms. The summed E-state index contributed by atoms with van der Waals surface area (Å²) in [5.41, 5.74) is 0. The Labute approximate surface area is 56.4 Å². The molecule has 0 aliphatic heterocycles. The quantitative estimate of drug-likeness (QED) is 0.591. The van der Waals surface area contributed by atoms with Crippen molar-refractivity contribution in [3.63, 3.8) is 0 Å². The molecule has 2 unspecified atom stereocenters. The first kappa shape index (κ1) is 8.75. The highest BCUT2D eigenvalue weighted by Gasteiger charge is 2.02. The number of nitrogens with one attached hydrogen (secondary N) is 1. The van der Waals surface area contributed by atoms with Crippen molar-refractivity contribution in [1.82, 2.24) is 0 Å². The second-order valence-electron chi connectivity index (χ2n) is 1.76. The molecule has 0 radical (unpaired) electrons. The zero-order valence-electron chi connectivity index (χ0n) is 5.26. The molecule has 0 aromatic heterocycles. The van der Waals surface area contributed by atoms with Gasteiger partial charge in [-0.25, -0.2) is 4.39 Å². The fraction of sp³-hybridized carbons (Fsp3) is 0.800. The van der Waals surface area contributed by atoms with E-state index in [1.807, 2.05) is 0 Å². The van der Waals surface area contributed by atoms with Gasteiger partial charge in [-0.05, 0) is 6.92 Å². The molecule has 0 amide bonds. The van der Waals surface area contributed by atoms with Crippen LogP contribution >= 0.6 is 0 Å². The predicted octanol–water partition coefficient (Wildman–Crippen LogP) is 0.743. The van der Waals surface area contributed by atoms with Gasteiger partial charge in [0.05, 0.1) is 11.5 Å². The van der Waals surface area contributed by atoms with Crippen LogP contribution in [0.4, 0.5) is 4.39 Å². The molecule has 0 saturated carbocycles. The molecule has 0 aliphatic rings. The van der Waals surface area contributed by atoms with Crippen LogP contribution in [0.2, 0.25) is 0 Å².